The highest BCUT2D eigenvalue weighted by atomic mass is 35.5. The lowest BCUT2D eigenvalue weighted by molar-refractivity contribution is 0.0938. The second-order valence-corrected chi connectivity index (χ2v) is 8.35. The molecule has 7 heteroatoms. The minimum Gasteiger partial charge on any atom is -0.344 e. The van der Waals surface area contributed by atoms with Gasteiger partial charge in [0.1, 0.15) is 0 Å². The summed E-state index contributed by atoms with van der Waals surface area (Å²) in [4.78, 5) is 32.1. The van der Waals surface area contributed by atoms with Gasteiger partial charge in [-0.15, -0.1) is 0 Å². The van der Waals surface area contributed by atoms with Crippen molar-refractivity contribution in [3.05, 3.63) is 93.2 Å². The molecule has 0 spiro atoms. The number of pyridine rings is 1. The first-order chi connectivity index (χ1) is 14.9. The van der Waals surface area contributed by atoms with E-state index in [9.17, 15) is 9.59 Å². The lowest BCUT2D eigenvalue weighted by atomic mass is 10.0. The van der Waals surface area contributed by atoms with Gasteiger partial charge in [0.15, 0.2) is 0 Å². The lowest BCUT2D eigenvalue weighted by Crippen LogP contribution is -2.36. The Bertz CT molecular complexity index is 1130. The van der Waals surface area contributed by atoms with E-state index in [4.69, 9.17) is 28.2 Å². The van der Waals surface area contributed by atoms with E-state index in [0.717, 1.165) is 29.9 Å². The quantitative estimate of drug-likeness (QED) is 0.569. The summed E-state index contributed by atoms with van der Waals surface area (Å²) in [5.74, 6) is -0.288. The predicted molar refractivity (Wildman–Crippen MR) is 123 cm³/mol. The Labute approximate surface area is 191 Å². The maximum atomic E-state index is 13.0. The average molecular weight is 454 g/mol. The minimum atomic E-state index is -0.285. The number of benzene rings is 2. The Hall–Kier alpha value is -2.89. The molecular weight excluding hydrogens is 433 g/mol. The molecule has 0 fully saturated rings. The molecule has 4 rings (SSSR count). The van der Waals surface area contributed by atoms with Gasteiger partial charge in [0, 0.05) is 27.7 Å². The molecule has 2 aromatic carbocycles. The third-order valence-corrected chi connectivity index (χ3v) is 5.76. The van der Waals surface area contributed by atoms with Crippen molar-refractivity contribution in [2.24, 2.45) is 0 Å². The second-order valence-electron chi connectivity index (χ2n) is 7.47. The highest BCUT2D eigenvalue weighted by molar-refractivity contribution is 6.31. The normalized spacial score (nSPS) is 14.0. The summed E-state index contributed by atoms with van der Waals surface area (Å²) in [5, 5.41) is 4.08. The Morgan fingerprint density at radius 2 is 1.77 bits per heavy atom. The first kappa shape index (κ1) is 21.3. The van der Waals surface area contributed by atoms with E-state index in [2.05, 4.69) is 5.32 Å². The fourth-order valence-electron chi connectivity index (χ4n) is 3.65. The van der Waals surface area contributed by atoms with Crippen molar-refractivity contribution in [1.82, 2.24) is 10.3 Å². The molecule has 3 aromatic rings. The van der Waals surface area contributed by atoms with Gasteiger partial charge in [-0.25, -0.2) is 0 Å². The number of hydrogen-bond donors (Lipinski definition) is 1. The average Bonchev–Trinajstić information content (AvgIpc) is 2.78. The minimum absolute atomic E-state index is 0.0953. The maximum absolute atomic E-state index is 13.0. The van der Waals surface area contributed by atoms with Crippen molar-refractivity contribution in [3.63, 3.8) is 0 Å². The molecule has 1 N–H and O–H groups in total. The number of amides is 2. The van der Waals surface area contributed by atoms with Crippen LogP contribution in [0.25, 0.3) is 0 Å². The van der Waals surface area contributed by atoms with E-state index in [-0.39, 0.29) is 17.9 Å². The van der Waals surface area contributed by atoms with E-state index >= 15 is 0 Å². The van der Waals surface area contributed by atoms with Crippen LogP contribution in [0.2, 0.25) is 10.0 Å². The molecule has 1 aliphatic rings. The van der Waals surface area contributed by atoms with Crippen molar-refractivity contribution >= 4 is 40.7 Å². The molecule has 2 amide bonds. The topological polar surface area (TPSA) is 62.3 Å². The number of hydrogen-bond acceptors (Lipinski definition) is 3. The van der Waals surface area contributed by atoms with E-state index in [1.54, 1.807) is 53.4 Å². The summed E-state index contributed by atoms with van der Waals surface area (Å²) in [6.45, 7) is 2.52. The Morgan fingerprint density at radius 3 is 2.52 bits per heavy atom. The van der Waals surface area contributed by atoms with Crippen LogP contribution in [-0.2, 0) is 6.42 Å². The van der Waals surface area contributed by atoms with Gasteiger partial charge in [-0.1, -0.05) is 29.3 Å². The first-order valence-electron chi connectivity index (χ1n) is 10.1. The van der Waals surface area contributed by atoms with Crippen molar-refractivity contribution in [2.75, 3.05) is 11.4 Å². The number of nitrogens with one attached hydrogen (secondary N) is 1. The van der Waals surface area contributed by atoms with Crippen LogP contribution in [0, 0.1) is 0 Å². The predicted octanol–water partition coefficient (Wildman–Crippen LogP) is 5.47. The summed E-state index contributed by atoms with van der Waals surface area (Å²) in [6.07, 6.45) is 1.60. The lowest BCUT2D eigenvalue weighted by Gasteiger charge is -2.29. The summed E-state index contributed by atoms with van der Waals surface area (Å²) in [5.41, 5.74) is 3.49. The van der Waals surface area contributed by atoms with Gasteiger partial charge >= 0.3 is 0 Å². The van der Waals surface area contributed by atoms with Crippen LogP contribution in [-0.4, -0.2) is 23.3 Å². The molecule has 1 aromatic heterocycles. The fourth-order valence-corrected chi connectivity index (χ4v) is 3.97. The molecule has 31 heavy (non-hydrogen) atoms. The SMILES string of the molecule is C[C@@H](NC(=O)c1ccc(Cl)cc1)c1ccc2c(n1)CCCN2C(=O)c1cccc(Cl)c1. The van der Waals surface area contributed by atoms with Crippen molar-refractivity contribution in [3.8, 4) is 0 Å². The molecule has 0 saturated heterocycles. The van der Waals surface area contributed by atoms with E-state index < -0.39 is 0 Å². The highest BCUT2D eigenvalue weighted by Gasteiger charge is 2.25. The highest BCUT2D eigenvalue weighted by Crippen LogP contribution is 2.29. The monoisotopic (exact) mass is 453 g/mol. The molecule has 1 aliphatic heterocycles. The van der Waals surface area contributed by atoms with Crippen LogP contribution in [0.5, 0.6) is 0 Å². The molecule has 5 nitrogen and oxygen atoms in total. The van der Waals surface area contributed by atoms with Crippen LogP contribution >= 0.6 is 23.2 Å². The molecule has 1 atom stereocenters. The zero-order valence-corrected chi connectivity index (χ0v) is 18.5. The number of aryl methyl sites for hydroxylation is 1. The second kappa shape index (κ2) is 9.08. The molecule has 0 bridgehead atoms. The van der Waals surface area contributed by atoms with Crippen molar-refractivity contribution < 1.29 is 9.59 Å². The number of aromatic nitrogens is 1. The van der Waals surface area contributed by atoms with Gasteiger partial charge in [0.25, 0.3) is 11.8 Å². The number of halogens is 2. The molecule has 0 unspecified atom stereocenters. The third-order valence-electron chi connectivity index (χ3n) is 5.27. The zero-order valence-electron chi connectivity index (χ0n) is 16.9. The van der Waals surface area contributed by atoms with Gasteiger partial charge in [0.2, 0.25) is 0 Å². The van der Waals surface area contributed by atoms with E-state index in [1.807, 2.05) is 19.1 Å². The smallest absolute Gasteiger partial charge is 0.258 e. The van der Waals surface area contributed by atoms with Gasteiger partial charge in [-0.05, 0) is 74.4 Å². The maximum Gasteiger partial charge on any atom is 0.258 e. The number of fused-ring (bicyclic) bond motifs is 1. The number of rotatable bonds is 4. The van der Waals surface area contributed by atoms with Crippen molar-refractivity contribution in [1.29, 1.82) is 0 Å². The standard InChI is InChI=1S/C24H21Cl2N3O2/c1-15(27-23(30)16-7-9-18(25)10-8-16)20-11-12-22-21(28-20)6-3-13-29(22)24(31)17-4-2-5-19(26)14-17/h2,4-5,7-12,14-15H,3,6,13H2,1H3,(H,27,30)/t15-/m1/s1. The van der Waals surface area contributed by atoms with Gasteiger partial charge in [-0.2, -0.15) is 0 Å². The van der Waals surface area contributed by atoms with Crippen molar-refractivity contribution in [2.45, 2.75) is 25.8 Å². The first-order valence-corrected chi connectivity index (χ1v) is 10.8. The van der Waals surface area contributed by atoms with E-state index in [1.165, 1.54) is 0 Å². The van der Waals surface area contributed by atoms with Gasteiger partial charge in [0.05, 0.1) is 23.1 Å². The third kappa shape index (κ3) is 4.73. The number of carbonyl (C=O) groups is 2. The molecule has 0 saturated carbocycles. The Kier molecular flexibility index (Phi) is 6.25. The number of anilines is 1. The fraction of sp³-hybridized carbons (Fsp3) is 0.208. The van der Waals surface area contributed by atoms with Crippen LogP contribution in [0.4, 0.5) is 5.69 Å². The molecule has 2 heterocycles. The van der Waals surface area contributed by atoms with Crippen LogP contribution in [0.1, 0.15) is 51.5 Å². The summed E-state index contributed by atoms with van der Waals surface area (Å²) < 4.78 is 0. The van der Waals surface area contributed by atoms with Crippen LogP contribution in [0.15, 0.2) is 60.7 Å². The molecular formula is C24H21Cl2N3O2. The molecule has 0 radical (unpaired) electrons. The summed E-state index contributed by atoms with van der Waals surface area (Å²) in [6, 6.07) is 17.2. The molecule has 158 valence electrons. The number of carbonyl (C=O) groups excluding carboxylic acids is 2. The van der Waals surface area contributed by atoms with E-state index in [0.29, 0.717) is 27.7 Å². The van der Waals surface area contributed by atoms with Crippen LogP contribution < -0.4 is 10.2 Å². The Morgan fingerprint density at radius 1 is 1.00 bits per heavy atom. The Balaban J connectivity index is 1.53. The zero-order chi connectivity index (χ0) is 22.0. The summed E-state index contributed by atoms with van der Waals surface area (Å²) in [7, 11) is 0. The largest absolute Gasteiger partial charge is 0.344 e. The van der Waals surface area contributed by atoms with Crippen LogP contribution in [0.3, 0.4) is 0 Å². The molecule has 0 aliphatic carbocycles. The van der Waals surface area contributed by atoms with Gasteiger partial charge in [-0.3, -0.25) is 14.6 Å². The van der Waals surface area contributed by atoms with Gasteiger partial charge < -0.3 is 10.2 Å². The summed E-state index contributed by atoms with van der Waals surface area (Å²) >= 11 is 11.9. The number of nitrogens with zero attached hydrogens (tertiary/aromatic N) is 2.